The van der Waals surface area contributed by atoms with Gasteiger partial charge in [0.2, 0.25) is 0 Å². The van der Waals surface area contributed by atoms with Crippen LogP contribution in [0.25, 0.3) is 0 Å². The second-order valence-corrected chi connectivity index (χ2v) is 6.01. The number of rotatable bonds is 1. The number of benzene rings is 1. The molecule has 4 heteroatoms. The van der Waals surface area contributed by atoms with Gasteiger partial charge in [0.05, 0.1) is 12.2 Å². The van der Waals surface area contributed by atoms with Crippen molar-refractivity contribution in [3.8, 4) is 5.75 Å². The first-order chi connectivity index (χ1) is 9.65. The van der Waals surface area contributed by atoms with Gasteiger partial charge in [-0.1, -0.05) is 19.1 Å². The van der Waals surface area contributed by atoms with Gasteiger partial charge in [-0.2, -0.15) is 0 Å². The van der Waals surface area contributed by atoms with Gasteiger partial charge in [-0.3, -0.25) is 4.79 Å². The van der Waals surface area contributed by atoms with Crippen molar-refractivity contribution in [3.63, 3.8) is 0 Å². The number of nitrogens with zero attached hydrogens (tertiary/aromatic N) is 1. The lowest BCUT2D eigenvalue weighted by Crippen LogP contribution is -2.53. The van der Waals surface area contributed by atoms with Gasteiger partial charge in [-0.05, 0) is 37.8 Å². The van der Waals surface area contributed by atoms with E-state index in [2.05, 4.69) is 19.2 Å². The maximum Gasteiger partial charge on any atom is 0.265 e. The summed E-state index contributed by atoms with van der Waals surface area (Å²) in [7, 11) is 0. The Kier molecular flexibility index (Phi) is 3.55. The standard InChI is InChI=1S/C16H22N2O2/c1-11-7-8-12(2)18(10-11)16(19)15-9-17-13-5-3-4-6-14(13)20-15/h3-6,11-12,15,17H,7-10H2,1-2H3. The Labute approximate surface area is 120 Å². The summed E-state index contributed by atoms with van der Waals surface area (Å²) in [6.45, 7) is 5.74. The number of carbonyl (C=O) groups excluding carboxylic acids is 1. The molecule has 1 amide bonds. The molecule has 4 nitrogen and oxygen atoms in total. The molecule has 0 spiro atoms. The molecule has 3 atom stereocenters. The van der Waals surface area contributed by atoms with Crippen molar-refractivity contribution in [1.29, 1.82) is 0 Å². The second kappa shape index (κ2) is 5.35. The van der Waals surface area contributed by atoms with Crippen LogP contribution in [0.1, 0.15) is 26.7 Å². The molecule has 3 rings (SSSR count). The minimum atomic E-state index is -0.405. The number of para-hydroxylation sites is 2. The Balaban J connectivity index is 1.72. The number of fused-ring (bicyclic) bond motifs is 1. The van der Waals surface area contributed by atoms with Crippen LogP contribution in [-0.2, 0) is 4.79 Å². The van der Waals surface area contributed by atoms with Crippen molar-refractivity contribution in [1.82, 2.24) is 4.90 Å². The maximum atomic E-state index is 12.7. The van der Waals surface area contributed by atoms with E-state index in [1.54, 1.807) is 0 Å². The van der Waals surface area contributed by atoms with Gasteiger partial charge >= 0.3 is 0 Å². The van der Waals surface area contributed by atoms with E-state index >= 15 is 0 Å². The molecule has 3 unspecified atom stereocenters. The number of hydrogen-bond acceptors (Lipinski definition) is 3. The first-order valence-electron chi connectivity index (χ1n) is 7.45. The molecule has 0 bridgehead atoms. The van der Waals surface area contributed by atoms with Gasteiger partial charge in [0.1, 0.15) is 5.75 Å². The van der Waals surface area contributed by atoms with Crippen LogP contribution in [0.3, 0.4) is 0 Å². The SMILES string of the molecule is CC1CCC(C)N(C(=O)C2CNc3ccccc3O2)C1. The number of likely N-dealkylation sites (tertiary alicyclic amines) is 1. The zero-order valence-electron chi connectivity index (χ0n) is 12.1. The van der Waals surface area contributed by atoms with E-state index < -0.39 is 6.10 Å². The highest BCUT2D eigenvalue weighted by molar-refractivity contribution is 5.83. The summed E-state index contributed by atoms with van der Waals surface area (Å²) in [6.07, 6.45) is 1.89. The van der Waals surface area contributed by atoms with Crippen LogP contribution in [0.2, 0.25) is 0 Å². The molecule has 1 saturated heterocycles. The van der Waals surface area contributed by atoms with Crippen molar-refractivity contribution in [2.45, 2.75) is 38.8 Å². The largest absolute Gasteiger partial charge is 0.477 e. The topological polar surface area (TPSA) is 41.6 Å². The first-order valence-corrected chi connectivity index (χ1v) is 7.45. The minimum Gasteiger partial charge on any atom is -0.477 e. The summed E-state index contributed by atoms with van der Waals surface area (Å²) in [5.74, 6) is 1.47. The predicted molar refractivity (Wildman–Crippen MR) is 78.9 cm³/mol. The molecule has 2 heterocycles. The third-order valence-corrected chi connectivity index (χ3v) is 4.31. The van der Waals surface area contributed by atoms with Crippen molar-refractivity contribution in [2.24, 2.45) is 5.92 Å². The first kappa shape index (κ1) is 13.3. The molecule has 2 aliphatic heterocycles. The number of anilines is 1. The highest BCUT2D eigenvalue weighted by atomic mass is 16.5. The highest BCUT2D eigenvalue weighted by Crippen LogP contribution is 2.30. The fourth-order valence-corrected chi connectivity index (χ4v) is 3.03. The van der Waals surface area contributed by atoms with Crippen LogP contribution >= 0.6 is 0 Å². The summed E-state index contributed by atoms with van der Waals surface area (Å²) in [4.78, 5) is 14.7. The normalized spacial score (nSPS) is 29.1. The zero-order valence-corrected chi connectivity index (χ0v) is 12.1. The number of ether oxygens (including phenoxy) is 1. The number of amides is 1. The lowest BCUT2D eigenvalue weighted by atomic mass is 9.94. The molecule has 0 radical (unpaired) electrons. The Morgan fingerprint density at radius 1 is 1.30 bits per heavy atom. The molecule has 2 aliphatic rings. The average Bonchev–Trinajstić information content (AvgIpc) is 2.48. The van der Waals surface area contributed by atoms with Gasteiger partial charge < -0.3 is 15.0 Å². The third-order valence-electron chi connectivity index (χ3n) is 4.31. The number of hydrogen-bond donors (Lipinski definition) is 1. The Bertz CT molecular complexity index is 503. The molecular weight excluding hydrogens is 252 g/mol. The van der Waals surface area contributed by atoms with E-state index in [1.165, 1.54) is 6.42 Å². The quantitative estimate of drug-likeness (QED) is 0.855. The summed E-state index contributed by atoms with van der Waals surface area (Å²) in [6, 6.07) is 8.09. The van der Waals surface area contributed by atoms with Gasteiger partial charge in [0.15, 0.2) is 6.10 Å². The molecule has 108 valence electrons. The molecule has 20 heavy (non-hydrogen) atoms. The summed E-state index contributed by atoms with van der Waals surface area (Å²) < 4.78 is 5.88. The van der Waals surface area contributed by atoms with Gasteiger partial charge in [0, 0.05) is 12.6 Å². The monoisotopic (exact) mass is 274 g/mol. The van der Waals surface area contributed by atoms with Crippen molar-refractivity contribution in [2.75, 3.05) is 18.4 Å². The van der Waals surface area contributed by atoms with E-state index in [1.807, 2.05) is 29.2 Å². The molecule has 0 aromatic heterocycles. The number of piperidine rings is 1. The van der Waals surface area contributed by atoms with E-state index in [9.17, 15) is 4.79 Å². The van der Waals surface area contributed by atoms with Crippen molar-refractivity contribution >= 4 is 11.6 Å². The molecular formula is C16H22N2O2. The van der Waals surface area contributed by atoms with E-state index in [-0.39, 0.29) is 5.91 Å². The van der Waals surface area contributed by atoms with Crippen LogP contribution in [0.15, 0.2) is 24.3 Å². The van der Waals surface area contributed by atoms with E-state index in [0.29, 0.717) is 18.5 Å². The van der Waals surface area contributed by atoms with Crippen LogP contribution in [0.4, 0.5) is 5.69 Å². The molecule has 1 fully saturated rings. The summed E-state index contributed by atoms with van der Waals surface area (Å²) in [5, 5.41) is 3.29. The zero-order chi connectivity index (χ0) is 14.1. The fourth-order valence-electron chi connectivity index (χ4n) is 3.03. The minimum absolute atomic E-state index is 0.117. The highest BCUT2D eigenvalue weighted by Gasteiger charge is 2.34. The van der Waals surface area contributed by atoms with Crippen LogP contribution in [-0.4, -0.2) is 36.0 Å². The third kappa shape index (κ3) is 2.47. The van der Waals surface area contributed by atoms with Crippen LogP contribution < -0.4 is 10.1 Å². The van der Waals surface area contributed by atoms with Gasteiger partial charge in [-0.25, -0.2) is 0 Å². The van der Waals surface area contributed by atoms with E-state index in [0.717, 1.165) is 24.4 Å². The van der Waals surface area contributed by atoms with Crippen LogP contribution in [0, 0.1) is 5.92 Å². The Hall–Kier alpha value is -1.71. The molecule has 1 N–H and O–H groups in total. The average molecular weight is 274 g/mol. The summed E-state index contributed by atoms with van der Waals surface area (Å²) in [5.41, 5.74) is 0.969. The smallest absolute Gasteiger partial charge is 0.265 e. The fraction of sp³-hybridized carbons (Fsp3) is 0.562. The molecule has 1 aromatic rings. The lowest BCUT2D eigenvalue weighted by molar-refractivity contribution is -0.142. The molecule has 1 aromatic carbocycles. The molecule has 0 aliphatic carbocycles. The molecule has 0 saturated carbocycles. The maximum absolute atomic E-state index is 12.7. The van der Waals surface area contributed by atoms with Gasteiger partial charge in [-0.15, -0.1) is 0 Å². The predicted octanol–water partition coefficient (Wildman–Crippen LogP) is 2.51. The van der Waals surface area contributed by atoms with E-state index in [4.69, 9.17) is 4.74 Å². The number of carbonyl (C=O) groups is 1. The Morgan fingerprint density at radius 2 is 2.10 bits per heavy atom. The lowest BCUT2D eigenvalue weighted by Gasteiger charge is -2.39. The van der Waals surface area contributed by atoms with Crippen LogP contribution in [0.5, 0.6) is 5.75 Å². The summed E-state index contributed by atoms with van der Waals surface area (Å²) >= 11 is 0. The van der Waals surface area contributed by atoms with Crippen molar-refractivity contribution in [3.05, 3.63) is 24.3 Å². The number of nitrogens with one attached hydrogen (secondary N) is 1. The van der Waals surface area contributed by atoms with Crippen molar-refractivity contribution < 1.29 is 9.53 Å². The second-order valence-electron chi connectivity index (χ2n) is 6.01. The van der Waals surface area contributed by atoms with Gasteiger partial charge in [0.25, 0.3) is 5.91 Å². The Morgan fingerprint density at radius 3 is 2.95 bits per heavy atom.